The predicted octanol–water partition coefficient (Wildman–Crippen LogP) is 4.31. The van der Waals surface area contributed by atoms with Crippen LogP contribution < -0.4 is 0 Å². The van der Waals surface area contributed by atoms with Crippen LogP contribution in [0.5, 0.6) is 0 Å². The topological polar surface area (TPSA) is 9.23 Å². The van der Waals surface area contributed by atoms with E-state index in [9.17, 15) is 0 Å². The third-order valence-electron chi connectivity index (χ3n) is 3.36. The van der Waals surface area contributed by atoms with Crippen LogP contribution in [0.4, 0.5) is 0 Å². The molecule has 1 fully saturated rings. The van der Waals surface area contributed by atoms with E-state index in [1.54, 1.807) is 0 Å². The quantitative estimate of drug-likeness (QED) is 0.490. The number of ether oxygens (including phenoxy) is 1. The zero-order chi connectivity index (χ0) is 10.3. The molecule has 0 aromatic rings. The van der Waals surface area contributed by atoms with Crippen molar-refractivity contribution in [3.63, 3.8) is 0 Å². The predicted molar refractivity (Wildman–Crippen MR) is 61.6 cm³/mol. The Balaban J connectivity index is 0.00000196. The molecule has 0 aromatic carbocycles. The van der Waals surface area contributed by atoms with Crippen LogP contribution in [0.3, 0.4) is 0 Å². The first-order valence-electron chi connectivity index (χ1n) is 6.47. The summed E-state index contributed by atoms with van der Waals surface area (Å²) in [6.07, 6.45) is 12.0. The van der Waals surface area contributed by atoms with Gasteiger partial charge in [0, 0.05) is 37.7 Å². The van der Waals surface area contributed by atoms with Crippen LogP contribution in [0.2, 0.25) is 0 Å². The van der Waals surface area contributed by atoms with Crippen molar-refractivity contribution in [3.05, 3.63) is 0 Å². The van der Waals surface area contributed by atoms with Crippen molar-refractivity contribution in [3.8, 4) is 0 Å². The minimum Gasteiger partial charge on any atom is -0.375 e. The summed E-state index contributed by atoms with van der Waals surface area (Å²) < 4.78 is 5.90. The second-order valence-electron chi connectivity index (χ2n) is 4.65. The molecule has 1 aliphatic rings. The van der Waals surface area contributed by atoms with Gasteiger partial charge in [-0.05, 0) is 25.7 Å². The molecular weight excluding hydrogens is 410 g/mol. The van der Waals surface area contributed by atoms with E-state index >= 15 is 0 Å². The van der Waals surface area contributed by atoms with Crippen LogP contribution in [0.15, 0.2) is 0 Å². The maximum Gasteiger partial charge on any atom is 0.0682 e. The summed E-state index contributed by atoms with van der Waals surface area (Å²) in [7, 11) is 0. The summed E-state index contributed by atoms with van der Waals surface area (Å²) in [5.74, 6) is 0. The van der Waals surface area contributed by atoms with Gasteiger partial charge in [0.15, 0.2) is 0 Å². The fraction of sp³-hybridized carbons (Fsp3) is 1.00. The molecule has 1 nitrogen and oxygen atoms in total. The zero-order valence-electron chi connectivity index (χ0n) is 10.5. The second kappa shape index (κ2) is 9.08. The Morgan fingerprint density at radius 1 is 0.933 bits per heavy atom. The van der Waals surface area contributed by atoms with Crippen molar-refractivity contribution in [1.29, 1.82) is 0 Å². The number of rotatable bonds is 9. The Hall–Kier alpha value is 1.01. The minimum atomic E-state index is 0. The molecule has 88 valence electrons. The summed E-state index contributed by atoms with van der Waals surface area (Å²) in [4.78, 5) is 0. The molecule has 0 aromatic heterocycles. The normalized spacial score (nSPS) is 17.2. The maximum absolute atomic E-state index is 5.90. The minimum absolute atomic E-state index is 0. The zero-order valence-corrected chi connectivity index (χ0v) is 14.6. The van der Waals surface area contributed by atoms with Gasteiger partial charge in [-0.3, -0.25) is 0 Å². The molecule has 0 bridgehead atoms. The van der Waals surface area contributed by atoms with E-state index in [1.807, 2.05) is 0 Å². The standard InChI is InChI=1S/C13H26O.U/c1-3-5-6-7-8-9-12-14-13(4-2)10-11-13;/h3-12H2,1-2H3;. The van der Waals surface area contributed by atoms with Crippen molar-refractivity contribution >= 4 is 0 Å². The number of hydrogen-bond acceptors (Lipinski definition) is 1. The Morgan fingerprint density at radius 2 is 1.53 bits per heavy atom. The van der Waals surface area contributed by atoms with Crippen molar-refractivity contribution in [2.45, 2.75) is 77.2 Å². The van der Waals surface area contributed by atoms with E-state index in [2.05, 4.69) is 13.8 Å². The Bertz CT molecular complexity index is 143. The molecule has 0 saturated heterocycles. The van der Waals surface area contributed by atoms with E-state index in [1.165, 1.54) is 57.8 Å². The van der Waals surface area contributed by atoms with Gasteiger partial charge in [-0.15, -0.1) is 0 Å². The molecule has 0 spiro atoms. The van der Waals surface area contributed by atoms with Gasteiger partial charge in [-0.25, -0.2) is 0 Å². The summed E-state index contributed by atoms with van der Waals surface area (Å²) >= 11 is 0. The Kier molecular flexibility index (Phi) is 9.70. The third-order valence-corrected chi connectivity index (χ3v) is 3.36. The summed E-state index contributed by atoms with van der Waals surface area (Å²) in [5.41, 5.74) is 0.337. The van der Waals surface area contributed by atoms with Gasteiger partial charge in [0.1, 0.15) is 0 Å². The number of hydrogen-bond donors (Lipinski definition) is 0. The first-order valence-corrected chi connectivity index (χ1v) is 6.47. The Labute approximate surface area is 119 Å². The first kappa shape index (κ1) is 16.0. The van der Waals surface area contributed by atoms with E-state index in [0.717, 1.165) is 6.61 Å². The summed E-state index contributed by atoms with van der Waals surface area (Å²) in [6, 6.07) is 0. The van der Waals surface area contributed by atoms with Crippen LogP contribution in [0, 0.1) is 31.1 Å². The van der Waals surface area contributed by atoms with E-state index in [0.29, 0.717) is 5.60 Å². The molecule has 1 saturated carbocycles. The number of unbranched alkanes of at least 4 members (excludes halogenated alkanes) is 5. The van der Waals surface area contributed by atoms with E-state index in [-0.39, 0.29) is 31.1 Å². The van der Waals surface area contributed by atoms with Gasteiger partial charge in [0.2, 0.25) is 0 Å². The summed E-state index contributed by atoms with van der Waals surface area (Å²) in [6.45, 7) is 5.51. The van der Waals surface area contributed by atoms with Crippen LogP contribution in [0.25, 0.3) is 0 Å². The average Bonchev–Trinajstić information content (AvgIpc) is 2.98. The third kappa shape index (κ3) is 7.03. The van der Waals surface area contributed by atoms with E-state index < -0.39 is 0 Å². The van der Waals surface area contributed by atoms with Crippen LogP contribution >= 0.6 is 0 Å². The molecule has 1 aliphatic carbocycles. The van der Waals surface area contributed by atoms with Crippen molar-refractivity contribution in [2.75, 3.05) is 6.61 Å². The SMILES string of the molecule is CCCCCCCCOC1(CC)CC1.[U]. The smallest absolute Gasteiger partial charge is 0.0682 e. The molecule has 0 amide bonds. The molecule has 0 heterocycles. The van der Waals surface area contributed by atoms with Crippen LogP contribution in [0.1, 0.15) is 71.6 Å². The largest absolute Gasteiger partial charge is 0.375 e. The second-order valence-corrected chi connectivity index (χ2v) is 4.65. The molecule has 0 unspecified atom stereocenters. The molecule has 0 atom stereocenters. The Morgan fingerprint density at radius 3 is 2.07 bits per heavy atom. The molecule has 0 aliphatic heterocycles. The fourth-order valence-electron chi connectivity index (χ4n) is 1.91. The molecule has 2 heteroatoms. The monoisotopic (exact) mass is 436 g/mol. The van der Waals surface area contributed by atoms with Gasteiger partial charge in [-0.2, -0.15) is 0 Å². The van der Waals surface area contributed by atoms with Gasteiger partial charge in [-0.1, -0.05) is 46.0 Å². The van der Waals surface area contributed by atoms with Crippen molar-refractivity contribution in [2.24, 2.45) is 0 Å². The van der Waals surface area contributed by atoms with Crippen molar-refractivity contribution < 1.29 is 35.9 Å². The molecule has 0 N–H and O–H groups in total. The van der Waals surface area contributed by atoms with E-state index in [4.69, 9.17) is 4.74 Å². The average molecular weight is 436 g/mol. The fourth-order valence-corrected chi connectivity index (χ4v) is 1.91. The molecule has 1 rings (SSSR count). The maximum atomic E-state index is 5.90. The van der Waals surface area contributed by atoms with Gasteiger partial charge < -0.3 is 4.74 Å². The van der Waals surface area contributed by atoms with Gasteiger partial charge in [0.25, 0.3) is 0 Å². The summed E-state index contributed by atoms with van der Waals surface area (Å²) in [5, 5.41) is 0. The van der Waals surface area contributed by atoms with Gasteiger partial charge in [0.05, 0.1) is 5.60 Å². The van der Waals surface area contributed by atoms with Crippen molar-refractivity contribution in [1.82, 2.24) is 0 Å². The van der Waals surface area contributed by atoms with Gasteiger partial charge >= 0.3 is 0 Å². The van der Waals surface area contributed by atoms with Crippen LogP contribution in [-0.2, 0) is 4.74 Å². The van der Waals surface area contributed by atoms with Crippen LogP contribution in [-0.4, -0.2) is 12.2 Å². The molecule has 0 radical (unpaired) electrons. The first-order chi connectivity index (χ1) is 6.83. The molecular formula is C13H26OU. The molecule has 15 heavy (non-hydrogen) atoms.